The van der Waals surface area contributed by atoms with Gasteiger partial charge in [0.25, 0.3) is 0 Å². The summed E-state index contributed by atoms with van der Waals surface area (Å²) in [6.07, 6.45) is 1.00. The summed E-state index contributed by atoms with van der Waals surface area (Å²) < 4.78 is 7.57. The molecule has 0 bridgehead atoms. The van der Waals surface area contributed by atoms with E-state index in [-0.39, 0.29) is 0 Å². The molecule has 0 saturated carbocycles. The molecule has 7 nitrogen and oxygen atoms in total. The van der Waals surface area contributed by atoms with Gasteiger partial charge in [-0.1, -0.05) is 0 Å². The molecule has 0 aromatic carbocycles. The number of nitrogens with zero attached hydrogens (tertiary/aromatic N) is 5. The Morgan fingerprint density at radius 3 is 2.70 bits per heavy atom. The van der Waals surface area contributed by atoms with Crippen molar-refractivity contribution in [3.63, 3.8) is 0 Å². The van der Waals surface area contributed by atoms with E-state index in [1.807, 2.05) is 6.92 Å². The molecule has 2 aliphatic heterocycles. The van der Waals surface area contributed by atoms with Gasteiger partial charge in [0.1, 0.15) is 5.82 Å². The van der Waals surface area contributed by atoms with E-state index in [1.54, 1.807) is 0 Å². The fourth-order valence-corrected chi connectivity index (χ4v) is 3.42. The topological polar surface area (TPSA) is 82.1 Å². The summed E-state index contributed by atoms with van der Waals surface area (Å²) in [7, 11) is 0. The van der Waals surface area contributed by atoms with Crippen LogP contribution in [0.1, 0.15) is 35.5 Å². The van der Waals surface area contributed by atoms with Crippen molar-refractivity contribution in [1.29, 1.82) is 0 Å². The SMILES string of the molecule is Cc1cc(C)n(C2CN(c3cc([C@H]4CCOC4)nc(N)n3)C2)n1. The molecule has 7 heteroatoms. The molecule has 2 fully saturated rings. The normalized spacial score (nSPS) is 21.7. The zero-order chi connectivity index (χ0) is 16.0. The lowest BCUT2D eigenvalue weighted by molar-refractivity contribution is 0.193. The molecule has 4 rings (SSSR count). The number of aryl methyl sites for hydroxylation is 2. The molecule has 0 amide bonds. The van der Waals surface area contributed by atoms with E-state index in [0.29, 0.717) is 17.9 Å². The van der Waals surface area contributed by atoms with Crippen LogP contribution >= 0.6 is 0 Å². The van der Waals surface area contributed by atoms with Crippen molar-refractivity contribution in [3.05, 3.63) is 29.2 Å². The highest BCUT2D eigenvalue weighted by Crippen LogP contribution is 2.31. The molecule has 2 aromatic heterocycles. The average Bonchev–Trinajstić information content (AvgIpc) is 3.07. The van der Waals surface area contributed by atoms with Crippen LogP contribution in [-0.4, -0.2) is 46.1 Å². The van der Waals surface area contributed by atoms with E-state index in [2.05, 4.69) is 43.7 Å². The monoisotopic (exact) mass is 314 g/mol. The molecular formula is C16H22N6O. The fourth-order valence-electron chi connectivity index (χ4n) is 3.42. The number of anilines is 2. The lowest BCUT2D eigenvalue weighted by Gasteiger charge is -2.40. The molecule has 2 aliphatic rings. The minimum Gasteiger partial charge on any atom is -0.381 e. The van der Waals surface area contributed by atoms with Crippen molar-refractivity contribution in [2.75, 3.05) is 36.9 Å². The smallest absolute Gasteiger partial charge is 0.222 e. The maximum atomic E-state index is 5.91. The molecule has 0 unspecified atom stereocenters. The summed E-state index contributed by atoms with van der Waals surface area (Å²) in [6, 6.07) is 4.58. The first-order chi connectivity index (χ1) is 11.1. The molecule has 0 radical (unpaired) electrons. The van der Waals surface area contributed by atoms with E-state index < -0.39 is 0 Å². The van der Waals surface area contributed by atoms with Gasteiger partial charge in [0, 0.05) is 37.4 Å². The largest absolute Gasteiger partial charge is 0.381 e. The molecule has 0 aliphatic carbocycles. The van der Waals surface area contributed by atoms with Crippen LogP contribution in [0.3, 0.4) is 0 Å². The van der Waals surface area contributed by atoms with Crippen molar-refractivity contribution in [3.8, 4) is 0 Å². The standard InChI is InChI=1S/C16H22N6O/c1-10-5-11(2)22(20-10)13-7-21(8-13)15-6-14(18-16(17)19-15)12-3-4-23-9-12/h5-6,12-13H,3-4,7-9H2,1-2H3,(H2,17,18,19)/t12-/m0/s1. The van der Waals surface area contributed by atoms with Crippen LogP contribution in [0.15, 0.2) is 12.1 Å². The van der Waals surface area contributed by atoms with Crippen LogP contribution in [0.2, 0.25) is 0 Å². The minimum atomic E-state index is 0.340. The Balaban J connectivity index is 1.50. The Bertz CT molecular complexity index is 715. The average molecular weight is 314 g/mol. The van der Waals surface area contributed by atoms with Crippen LogP contribution in [0.4, 0.5) is 11.8 Å². The van der Waals surface area contributed by atoms with Crippen LogP contribution in [-0.2, 0) is 4.74 Å². The van der Waals surface area contributed by atoms with Crippen molar-refractivity contribution in [2.45, 2.75) is 32.2 Å². The molecule has 2 saturated heterocycles. The van der Waals surface area contributed by atoms with Crippen molar-refractivity contribution in [2.24, 2.45) is 0 Å². The zero-order valence-corrected chi connectivity index (χ0v) is 13.6. The maximum Gasteiger partial charge on any atom is 0.222 e. The van der Waals surface area contributed by atoms with Gasteiger partial charge < -0.3 is 15.4 Å². The van der Waals surface area contributed by atoms with E-state index in [4.69, 9.17) is 10.5 Å². The molecule has 23 heavy (non-hydrogen) atoms. The third-order valence-corrected chi connectivity index (χ3v) is 4.67. The molecule has 2 aromatic rings. The first-order valence-electron chi connectivity index (χ1n) is 8.10. The van der Waals surface area contributed by atoms with Gasteiger partial charge in [-0.05, 0) is 26.3 Å². The zero-order valence-electron chi connectivity index (χ0n) is 13.6. The van der Waals surface area contributed by atoms with Crippen molar-refractivity contribution in [1.82, 2.24) is 19.7 Å². The summed E-state index contributed by atoms with van der Waals surface area (Å²) in [6.45, 7) is 7.46. The van der Waals surface area contributed by atoms with Crippen LogP contribution < -0.4 is 10.6 Å². The van der Waals surface area contributed by atoms with Crippen molar-refractivity contribution < 1.29 is 4.74 Å². The van der Waals surface area contributed by atoms with E-state index in [1.165, 1.54) is 5.69 Å². The summed E-state index contributed by atoms with van der Waals surface area (Å²) in [4.78, 5) is 11.0. The predicted octanol–water partition coefficient (Wildman–Crippen LogP) is 1.44. The van der Waals surface area contributed by atoms with Gasteiger partial charge in [-0.15, -0.1) is 0 Å². The second-order valence-corrected chi connectivity index (χ2v) is 6.50. The van der Waals surface area contributed by atoms with Crippen LogP contribution in [0, 0.1) is 13.8 Å². The Hall–Kier alpha value is -2.15. The summed E-state index contributed by atoms with van der Waals surface area (Å²) >= 11 is 0. The second kappa shape index (κ2) is 5.49. The van der Waals surface area contributed by atoms with E-state index >= 15 is 0 Å². The third kappa shape index (κ3) is 2.65. The quantitative estimate of drug-likeness (QED) is 0.923. The number of aromatic nitrogens is 4. The summed E-state index contributed by atoms with van der Waals surface area (Å²) in [5.41, 5.74) is 9.18. The Morgan fingerprint density at radius 2 is 2.04 bits per heavy atom. The van der Waals surface area contributed by atoms with Gasteiger partial charge in [-0.2, -0.15) is 10.1 Å². The number of hydrogen-bond donors (Lipinski definition) is 1. The minimum absolute atomic E-state index is 0.340. The highest BCUT2D eigenvalue weighted by Gasteiger charge is 2.32. The number of ether oxygens (including phenoxy) is 1. The second-order valence-electron chi connectivity index (χ2n) is 6.50. The van der Waals surface area contributed by atoms with Gasteiger partial charge in [0.2, 0.25) is 5.95 Å². The highest BCUT2D eigenvalue weighted by atomic mass is 16.5. The molecule has 0 spiro atoms. The summed E-state index contributed by atoms with van der Waals surface area (Å²) in [5.74, 6) is 1.60. The van der Waals surface area contributed by atoms with E-state index in [0.717, 1.165) is 49.9 Å². The van der Waals surface area contributed by atoms with Gasteiger partial charge in [0.15, 0.2) is 0 Å². The lowest BCUT2D eigenvalue weighted by atomic mass is 10.0. The lowest BCUT2D eigenvalue weighted by Crippen LogP contribution is -2.49. The first-order valence-corrected chi connectivity index (χ1v) is 8.10. The third-order valence-electron chi connectivity index (χ3n) is 4.67. The highest BCUT2D eigenvalue weighted by molar-refractivity contribution is 5.47. The van der Waals surface area contributed by atoms with Gasteiger partial charge in [0.05, 0.1) is 24.0 Å². The molecule has 1 atom stereocenters. The number of hydrogen-bond acceptors (Lipinski definition) is 6. The Kier molecular flexibility index (Phi) is 3.45. The molecule has 2 N–H and O–H groups in total. The Morgan fingerprint density at radius 1 is 1.22 bits per heavy atom. The first kappa shape index (κ1) is 14.4. The van der Waals surface area contributed by atoms with Crippen LogP contribution in [0.5, 0.6) is 0 Å². The van der Waals surface area contributed by atoms with Gasteiger partial charge in [-0.3, -0.25) is 4.68 Å². The summed E-state index contributed by atoms with van der Waals surface area (Å²) in [5, 5.41) is 4.57. The van der Waals surface area contributed by atoms with Gasteiger partial charge >= 0.3 is 0 Å². The molecular weight excluding hydrogens is 292 g/mol. The number of nitrogen functional groups attached to an aromatic ring is 1. The number of rotatable bonds is 3. The molecule has 4 heterocycles. The molecule has 122 valence electrons. The van der Waals surface area contributed by atoms with Crippen LogP contribution in [0.25, 0.3) is 0 Å². The van der Waals surface area contributed by atoms with Gasteiger partial charge in [-0.25, -0.2) is 4.98 Å². The maximum absolute atomic E-state index is 5.91. The number of nitrogens with two attached hydrogens (primary N) is 1. The van der Waals surface area contributed by atoms with E-state index in [9.17, 15) is 0 Å². The predicted molar refractivity (Wildman–Crippen MR) is 87.6 cm³/mol. The fraction of sp³-hybridized carbons (Fsp3) is 0.562. The van der Waals surface area contributed by atoms with Crippen molar-refractivity contribution >= 4 is 11.8 Å². The Labute approximate surface area is 135 Å².